The van der Waals surface area contributed by atoms with E-state index in [1.807, 2.05) is 6.08 Å². The average molecular weight is 166 g/mol. The minimum absolute atomic E-state index is 0.0764. The van der Waals surface area contributed by atoms with Crippen molar-refractivity contribution in [3.05, 3.63) is 23.8 Å². The van der Waals surface area contributed by atoms with Gasteiger partial charge in [0.25, 0.3) is 0 Å². The number of hydrogen-bond donors (Lipinski definition) is 1. The summed E-state index contributed by atoms with van der Waals surface area (Å²) < 4.78 is 5.20. The van der Waals surface area contributed by atoms with Gasteiger partial charge in [-0.2, -0.15) is 0 Å². The molecule has 0 aromatic rings. The Hall–Kier alpha value is -1.09. The predicted octanol–water partition coefficient (Wildman–Crippen LogP) is 0.830. The first-order chi connectivity index (χ1) is 5.79. The quantitative estimate of drug-likeness (QED) is 0.627. The maximum Gasteiger partial charge on any atom is 0.311 e. The van der Waals surface area contributed by atoms with Crippen LogP contribution >= 0.6 is 0 Å². The zero-order valence-corrected chi connectivity index (χ0v) is 6.56. The van der Waals surface area contributed by atoms with Crippen LogP contribution in [-0.2, 0) is 9.53 Å². The van der Waals surface area contributed by atoms with Gasteiger partial charge < -0.3 is 9.84 Å². The molecule has 0 radical (unpaired) electrons. The Morgan fingerprint density at radius 3 is 3.25 bits per heavy atom. The van der Waals surface area contributed by atoms with Crippen LogP contribution in [0.1, 0.15) is 0 Å². The van der Waals surface area contributed by atoms with Crippen molar-refractivity contribution in [1.82, 2.24) is 0 Å². The first-order valence-corrected chi connectivity index (χ1v) is 3.97. The summed E-state index contributed by atoms with van der Waals surface area (Å²) in [6.07, 6.45) is 5.49. The molecular formula is C9H10O3. The van der Waals surface area contributed by atoms with Crippen LogP contribution < -0.4 is 0 Å². The van der Waals surface area contributed by atoms with Crippen LogP contribution in [-0.4, -0.2) is 24.3 Å². The summed E-state index contributed by atoms with van der Waals surface area (Å²) in [5.74, 6) is -1.06. The highest BCUT2D eigenvalue weighted by molar-refractivity contribution is 5.74. The standard InChI is InChI=1S/C9H10O3/c10-9(11)7-3-1-2-6-4-12-5-8(6)7/h1-3,7-8H,4-5H2,(H,10,11). The molecule has 2 atom stereocenters. The highest BCUT2D eigenvalue weighted by atomic mass is 16.5. The number of fused-ring (bicyclic) bond motifs is 1. The fraction of sp³-hybridized carbons (Fsp3) is 0.444. The second kappa shape index (κ2) is 2.75. The first-order valence-electron chi connectivity index (χ1n) is 3.97. The lowest BCUT2D eigenvalue weighted by molar-refractivity contribution is -0.141. The molecule has 12 heavy (non-hydrogen) atoms. The Morgan fingerprint density at radius 2 is 2.50 bits per heavy atom. The Kier molecular flexibility index (Phi) is 1.73. The lowest BCUT2D eigenvalue weighted by Crippen LogP contribution is -2.24. The van der Waals surface area contributed by atoms with E-state index in [4.69, 9.17) is 9.84 Å². The lowest BCUT2D eigenvalue weighted by atomic mass is 9.84. The van der Waals surface area contributed by atoms with Crippen molar-refractivity contribution < 1.29 is 14.6 Å². The highest BCUT2D eigenvalue weighted by Gasteiger charge is 2.34. The largest absolute Gasteiger partial charge is 0.481 e. The van der Waals surface area contributed by atoms with Gasteiger partial charge in [-0.1, -0.05) is 18.2 Å². The molecule has 1 heterocycles. The summed E-state index contributed by atoms with van der Waals surface area (Å²) in [6.45, 7) is 1.14. The second-order valence-corrected chi connectivity index (χ2v) is 3.11. The van der Waals surface area contributed by atoms with Gasteiger partial charge in [-0.3, -0.25) is 4.79 Å². The van der Waals surface area contributed by atoms with E-state index in [0.717, 1.165) is 5.57 Å². The molecule has 2 rings (SSSR count). The van der Waals surface area contributed by atoms with Crippen LogP contribution in [0.15, 0.2) is 23.8 Å². The summed E-state index contributed by atoms with van der Waals surface area (Å²) in [4.78, 5) is 10.8. The Balaban J connectivity index is 2.24. The molecular weight excluding hydrogens is 156 g/mol. The maximum absolute atomic E-state index is 10.8. The predicted molar refractivity (Wildman–Crippen MR) is 42.7 cm³/mol. The molecule has 1 N–H and O–H groups in total. The van der Waals surface area contributed by atoms with E-state index in [0.29, 0.717) is 13.2 Å². The third-order valence-corrected chi connectivity index (χ3v) is 2.39. The molecule has 2 aliphatic rings. The van der Waals surface area contributed by atoms with Gasteiger partial charge >= 0.3 is 5.97 Å². The number of carboxylic acid groups (broad SMARTS) is 1. The fourth-order valence-electron chi connectivity index (χ4n) is 1.71. The zero-order chi connectivity index (χ0) is 8.55. The molecule has 0 saturated carbocycles. The summed E-state index contributed by atoms with van der Waals surface area (Å²) in [7, 11) is 0. The maximum atomic E-state index is 10.8. The third kappa shape index (κ3) is 1.06. The van der Waals surface area contributed by atoms with E-state index in [9.17, 15) is 4.79 Å². The summed E-state index contributed by atoms with van der Waals surface area (Å²) in [5.41, 5.74) is 1.12. The van der Waals surface area contributed by atoms with Gasteiger partial charge in [-0.05, 0) is 5.57 Å². The van der Waals surface area contributed by atoms with Crippen molar-refractivity contribution in [3.8, 4) is 0 Å². The SMILES string of the molecule is O=C(O)C1C=CC=C2COCC21. The van der Waals surface area contributed by atoms with Crippen molar-refractivity contribution in [2.45, 2.75) is 0 Å². The molecule has 0 spiro atoms. The number of allylic oxidation sites excluding steroid dienone is 2. The van der Waals surface area contributed by atoms with Gasteiger partial charge in [0.2, 0.25) is 0 Å². The third-order valence-electron chi connectivity index (χ3n) is 2.39. The van der Waals surface area contributed by atoms with E-state index in [1.165, 1.54) is 0 Å². The molecule has 1 aliphatic carbocycles. The minimum Gasteiger partial charge on any atom is -0.481 e. The van der Waals surface area contributed by atoms with Crippen molar-refractivity contribution in [2.75, 3.05) is 13.2 Å². The fourth-order valence-corrected chi connectivity index (χ4v) is 1.71. The van der Waals surface area contributed by atoms with Crippen molar-refractivity contribution >= 4 is 5.97 Å². The summed E-state index contributed by atoms with van der Waals surface area (Å²) in [5, 5.41) is 8.85. The van der Waals surface area contributed by atoms with Crippen LogP contribution in [0.5, 0.6) is 0 Å². The van der Waals surface area contributed by atoms with Gasteiger partial charge in [0.15, 0.2) is 0 Å². The second-order valence-electron chi connectivity index (χ2n) is 3.11. The van der Waals surface area contributed by atoms with E-state index in [1.54, 1.807) is 12.2 Å². The number of carboxylic acids is 1. The topological polar surface area (TPSA) is 46.5 Å². The van der Waals surface area contributed by atoms with Crippen molar-refractivity contribution in [3.63, 3.8) is 0 Å². The molecule has 1 fully saturated rings. The molecule has 64 valence electrons. The zero-order valence-electron chi connectivity index (χ0n) is 6.56. The highest BCUT2D eigenvalue weighted by Crippen LogP contribution is 2.31. The van der Waals surface area contributed by atoms with E-state index >= 15 is 0 Å². The van der Waals surface area contributed by atoms with Crippen molar-refractivity contribution in [1.29, 1.82) is 0 Å². The van der Waals surface area contributed by atoms with Crippen LogP contribution in [0.4, 0.5) is 0 Å². The number of hydrogen-bond acceptors (Lipinski definition) is 2. The molecule has 0 aromatic heterocycles. The first kappa shape index (κ1) is 7.55. The van der Waals surface area contributed by atoms with Gasteiger partial charge in [-0.25, -0.2) is 0 Å². The van der Waals surface area contributed by atoms with Crippen molar-refractivity contribution in [2.24, 2.45) is 11.8 Å². The molecule has 3 nitrogen and oxygen atoms in total. The van der Waals surface area contributed by atoms with Crippen LogP contribution in [0.3, 0.4) is 0 Å². The molecule has 2 unspecified atom stereocenters. The van der Waals surface area contributed by atoms with Crippen LogP contribution in [0, 0.1) is 11.8 Å². The van der Waals surface area contributed by atoms with Gasteiger partial charge in [0.05, 0.1) is 19.1 Å². The number of ether oxygens (including phenoxy) is 1. The van der Waals surface area contributed by atoms with E-state index < -0.39 is 5.97 Å². The number of rotatable bonds is 1. The molecule has 1 aliphatic heterocycles. The normalized spacial score (nSPS) is 32.8. The Morgan fingerprint density at radius 1 is 1.67 bits per heavy atom. The number of aliphatic carboxylic acids is 1. The Bertz CT molecular complexity index is 265. The molecule has 0 aromatic carbocycles. The van der Waals surface area contributed by atoms with E-state index in [2.05, 4.69) is 0 Å². The van der Waals surface area contributed by atoms with Gasteiger partial charge in [-0.15, -0.1) is 0 Å². The molecule has 0 amide bonds. The summed E-state index contributed by atoms with van der Waals surface area (Å²) in [6, 6.07) is 0. The van der Waals surface area contributed by atoms with Gasteiger partial charge in [0.1, 0.15) is 0 Å². The molecule has 1 saturated heterocycles. The molecule has 3 heteroatoms. The smallest absolute Gasteiger partial charge is 0.311 e. The average Bonchev–Trinajstić information content (AvgIpc) is 2.49. The summed E-state index contributed by atoms with van der Waals surface area (Å²) >= 11 is 0. The van der Waals surface area contributed by atoms with Gasteiger partial charge in [0, 0.05) is 5.92 Å². The lowest BCUT2D eigenvalue weighted by Gasteiger charge is -2.18. The number of carbonyl (C=O) groups is 1. The van der Waals surface area contributed by atoms with Crippen LogP contribution in [0.2, 0.25) is 0 Å². The van der Waals surface area contributed by atoms with Crippen LogP contribution in [0.25, 0.3) is 0 Å². The molecule has 0 bridgehead atoms. The monoisotopic (exact) mass is 166 g/mol. The van der Waals surface area contributed by atoms with E-state index in [-0.39, 0.29) is 11.8 Å². The Labute approximate surface area is 70.3 Å². The minimum atomic E-state index is -0.757.